The van der Waals surface area contributed by atoms with Gasteiger partial charge in [0.1, 0.15) is 0 Å². The Morgan fingerprint density at radius 1 is 0.975 bits per heavy atom. The summed E-state index contributed by atoms with van der Waals surface area (Å²) >= 11 is 0. The van der Waals surface area contributed by atoms with Gasteiger partial charge in [-0.2, -0.15) is 0 Å². The van der Waals surface area contributed by atoms with Crippen LogP contribution in [0.2, 0.25) is 0 Å². The Hall–Kier alpha value is -3.38. The molecule has 2 aliphatic carbocycles. The van der Waals surface area contributed by atoms with Crippen LogP contribution in [0, 0.1) is 5.92 Å². The molecular formula is C34H34F3NO2. The van der Waals surface area contributed by atoms with Crippen molar-refractivity contribution in [1.29, 1.82) is 0 Å². The molecule has 0 radical (unpaired) electrons. The Balaban J connectivity index is 1.40. The van der Waals surface area contributed by atoms with Crippen molar-refractivity contribution in [2.45, 2.75) is 50.9 Å². The zero-order valence-electron chi connectivity index (χ0n) is 22.6. The summed E-state index contributed by atoms with van der Waals surface area (Å²) < 4.78 is 41.9. The van der Waals surface area contributed by atoms with Gasteiger partial charge in [0.25, 0.3) is 5.92 Å². The molecule has 0 amide bonds. The highest BCUT2D eigenvalue weighted by molar-refractivity contribution is 6.01. The van der Waals surface area contributed by atoms with Gasteiger partial charge in [-0.3, -0.25) is 4.39 Å². The Morgan fingerprint density at radius 2 is 1.77 bits per heavy atom. The highest BCUT2D eigenvalue weighted by atomic mass is 19.3. The monoisotopic (exact) mass is 545 g/mol. The first-order valence-electron chi connectivity index (χ1n) is 14.3. The number of likely N-dealkylation sites (tertiary alicyclic amines) is 1. The Bertz CT molecular complexity index is 1450. The number of halogens is 3. The normalized spacial score (nSPS) is 18.7. The van der Waals surface area contributed by atoms with Crippen molar-refractivity contribution < 1.29 is 23.1 Å². The third kappa shape index (κ3) is 5.10. The van der Waals surface area contributed by atoms with E-state index in [1.165, 1.54) is 5.56 Å². The molecule has 0 spiro atoms. The van der Waals surface area contributed by atoms with E-state index in [9.17, 15) is 23.1 Å². The first kappa shape index (κ1) is 26.8. The van der Waals surface area contributed by atoms with Crippen LogP contribution in [0.15, 0.2) is 60.7 Å². The molecule has 0 bridgehead atoms. The van der Waals surface area contributed by atoms with E-state index in [0.29, 0.717) is 18.8 Å². The summed E-state index contributed by atoms with van der Waals surface area (Å²) in [6.45, 7) is 2.55. The fourth-order valence-electron chi connectivity index (χ4n) is 6.83. The number of alkyl halides is 3. The number of hydrogen-bond donors (Lipinski definition) is 1. The van der Waals surface area contributed by atoms with Crippen molar-refractivity contribution in [3.05, 3.63) is 105 Å². The van der Waals surface area contributed by atoms with Gasteiger partial charge in [0.15, 0.2) is 0 Å². The van der Waals surface area contributed by atoms with Gasteiger partial charge >= 0.3 is 5.97 Å². The number of aryl methyl sites for hydroxylation is 1. The van der Waals surface area contributed by atoms with Crippen LogP contribution < -0.4 is 0 Å². The van der Waals surface area contributed by atoms with Gasteiger partial charge in [0.05, 0.1) is 12.2 Å². The molecule has 0 unspecified atom stereocenters. The average Bonchev–Trinajstić information content (AvgIpc) is 3.12. The van der Waals surface area contributed by atoms with E-state index in [1.807, 2.05) is 12.1 Å². The zero-order chi connectivity index (χ0) is 27.9. The summed E-state index contributed by atoms with van der Waals surface area (Å²) in [6, 6.07) is 19.2. The van der Waals surface area contributed by atoms with Crippen LogP contribution in [0.25, 0.3) is 11.1 Å². The van der Waals surface area contributed by atoms with Crippen molar-refractivity contribution in [1.82, 2.24) is 4.90 Å². The number of fused-ring (bicyclic) bond motifs is 2. The highest BCUT2D eigenvalue weighted by Crippen LogP contribution is 2.47. The van der Waals surface area contributed by atoms with E-state index in [2.05, 4.69) is 29.2 Å². The lowest BCUT2D eigenvalue weighted by Gasteiger charge is -2.39. The fraction of sp³-hybridized carbons (Fsp3) is 0.382. The van der Waals surface area contributed by atoms with Gasteiger partial charge in [-0.05, 0) is 101 Å². The minimum Gasteiger partial charge on any atom is -0.478 e. The number of aromatic carboxylic acids is 1. The molecule has 3 nitrogen and oxygen atoms in total. The summed E-state index contributed by atoms with van der Waals surface area (Å²) in [4.78, 5) is 14.0. The lowest BCUT2D eigenvalue weighted by Crippen LogP contribution is -2.47. The Kier molecular flexibility index (Phi) is 7.30. The summed E-state index contributed by atoms with van der Waals surface area (Å²) in [5.74, 6) is -3.19. The standard InChI is InChI=1S/C34H34F3NO2/c35-16-3-17-38-20-23(21-38)18-22-8-10-24(11-9-22)32-27-13-12-26(33(39)40)19-25(27)4-1-6-30(32)28-5-2-7-31-29(28)14-15-34(31,36)37/h2,5,7-13,19,23H,1,3-4,6,14-18,20-21H2,(H,39,40). The average molecular weight is 546 g/mol. The van der Waals surface area contributed by atoms with E-state index in [4.69, 9.17) is 0 Å². The first-order chi connectivity index (χ1) is 19.3. The van der Waals surface area contributed by atoms with E-state index >= 15 is 0 Å². The molecule has 1 aliphatic heterocycles. The van der Waals surface area contributed by atoms with Gasteiger partial charge in [-0.15, -0.1) is 0 Å². The van der Waals surface area contributed by atoms with E-state index < -0.39 is 11.9 Å². The second-order valence-electron chi connectivity index (χ2n) is 11.5. The van der Waals surface area contributed by atoms with Crippen LogP contribution in [0.5, 0.6) is 0 Å². The largest absolute Gasteiger partial charge is 0.478 e. The first-order valence-corrected chi connectivity index (χ1v) is 14.3. The van der Waals surface area contributed by atoms with Gasteiger partial charge in [-0.25, -0.2) is 13.6 Å². The lowest BCUT2D eigenvalue weighted by molar-refractivity contribution is -0.00185. The maximum absolute atomic E-state index is 14.7. The van der Waals surface area contributed by atoms with Gasteiger partial charge in [0.2, 0.25) is 0 Å². The van der Waals surface area contributed by atoms with E-state index in [-0.39, 0.29) is 24.2 Å². The van der Waals surface area contributed by atoms with Crippen LogP contribution >= 0.6 is 0 Å². The minimum atomic E-state index is -2.81. The lowest BCUT2D eigenvalue weighted by atomic mass is 9.84. The number of nitrogens with zero attached hydrogens (tertiary/aromatic N) is 1. The molecule has 1 fully saturated rings. The van der Waals surface area contributed by atoms with Crippen LogP contribution in [-0.4, -0.2) is 42.3 Å². The number of rotatable bonds is 8. The van der Waals surface area contributed by atoms with Crippen LogP contribution in [-0.2, 0) is 25.2 Å². The molecule has 3 aromatic rings. The molecule has 0 atom stereocenters. The van der Waals surface area contributed by atoms with E-state index in [1.54, 1.807) is 24.3 Å². The van der Waals surface area contributed by atoms with Gasteiger partial charge < -0.3 is 10.0 Å². The van der Waals surface area contributed by atoms with E-state index in [0.717, 1.165) is 84.3 Å². The van der Waals surface area contributed by atoms with Crippen LogP contribution in [0.3, 0.4) is 0 Å². The molecule has 3 aliphatic rings. The molecule has 0 aromatic heterocycles. The second-order valence-corrected chi connectivity index (χ2v) is 11.5. The Labute approximate surface area is 233 Å². The molecule has 1 heterocycles. The third-order valence-electron chi connectivity index (χ3n) is 8.79. The van der Waals surface area contributed by atoms with Crippen molar-refractivity contribution in [2.24, 2.45) is 5.92 Å². The van der Waals surface area contributed by atoms with Crippen molar-refractivity contribution in [3.8, 4) is 0 Å². The summed E-state index contributed by atoms with van der Waals surface area (Å²) in [7, 11) is 0. The second kappa shape index (κ2) is 10.9. The van der Waals surface area contributed by atoms with Crippen molar-refractivity contribution >= 4 is 17.1 Å². The summed E-state index contributed by atoms with van der Waals surface area (Å²) in [6.07, 6.45) is 4.02. The summed E-state index contributed by atoms with van der Waals surface area (Å²) in [5, 5.41) is 9.61. The van der Waals surface area contributed by atoms with Gasteiger partial charge in [-0.1, -0.05) is 48.5 Å². The van der Waals surface area contributed by atoms with Crippen LogP contribution in [0.1, 0.15) is 75.0 Å². The topological polar surface area (TPSA) is 40.5 Å². The number of carboxylic acids is 1. The molecule has 6 rings (SSSR count). The zero-order valence-corrected chi connectivity index (χ0v) is 22.6. The van der Waals surface area contributed by atoms with Gasteiger partial charge in [0, 0.05) is 31.6 Å². The smallest absolute Gasteiger partial charge is 0.335 e. The maximum Gasteiger partial charge on any atom is 0.335 e. The number of hydrogen-bond acceptors (Lipinski definition) is 2. The third-order valence-corrected chi connectivity index (χ3v) is 8.79. The molecule has 40 heavy (non-hydrogen) atoms. The fourth-order valence-corrected chi connectivity index (χ4v) is 6.83. The number of carbonyl (C=O) groups is 1. The molecule has 0 saturated carbocycles. The highest BCUT2D eigenvalue weighted by Gasteiger charge is 2.40. The number of benzene rings is 3. The maximum atomic E-state index is 14.7. The van der Waals surface area contributed by atoms with Crippen molar-refractivity contribution in [3.63, 3.8) is 0 Å². The predicted octanol–water partition coefficient (Wildman–Crippen LogP) is 7.55. The molecule has 1 N–H and O–H groups in total. The quantitative estimate of drug-likeness (QED) is 0.318. The molecule has 3 aromatic carbocycles. The summed E-state index contributed by atoms with van der Waals surface area (Å²) in [5.41, 5.74) is 8.34. The molecule has 208 valence electrons. The SMILES string of the molecule is O=C(O)c1ccc2c(c1)CCCC(c1cccc3c1CCC3(F)F)=C2c1ccc(CC2CN(CCCF)C2)cc1. The molecular weight excluding hydrogens is 511 g/mol. The number of carboxylic acid groups (broad SMARTS) is 1. The molecule has 1 saturated heterocycles. The molecule has 6 heteroatoms. The Morgan fingerprint density at radius 3 is 2.52 bits per heavy atom. The predicted molar refractivity (Wildman–Crippen MR) is 152 cm³/mol. The van der Waals surface area contributed by atoms with Crippen molar-refractivity contribution in [2.75, 3.05) is 26.3 Å². The number of allylic oxidation sites excluding steroid dienone is 1. The van der Waals surface area contributed by atoms with Crippen LogP contribution in [0.4, 0.5) is 13.2 Å². The minimum absolute atomic E-state index is 0.138.